The van der Waals surface area contributed by atoms with Gasteiger partial charge in [0.05, 0.1) is 22.9 Å². The zero-order valence-electron chi connectivity index (χ0n) is 15.8. The number of hydrogen-bond donors (Lipinski definition) is 0. The largest absolute Gasteiger partial charge is 0.462 e. The fourth-order valence-electron chi connectivity index (χ4n) is 3.42. The molecule has 0 aromatic carbocycles. The van der Waals surface area contributed by atoms with Crippen LogP contribution in [-0.4, -0.2) is 45.5 Å². The molecular weight excluding hydrogens is 364 g/mol. The van der Waals surface area contributed by atoms with Crippen LogP contribution in [0.5, 0.6) is 0 Å². The second-order valence-electron chi connectivity index (χ2n) is 6.72. The number of esters is 1. The molecule has 144 valence electrons. The number of likely N-dealkylation sites (tertiary alicyclic amines) is 1. The summed E-state index contributed by atoms with van der Waals surface area (Å²) in [5.41, 5.74) is 2.42. The molecule has 1 aliphatic rings. The number of carbonyl (C=O) groups excluding carboxylic acids is 1. The molecule has 0 saturated carbocycles. The zero-order valence-corrected chi connectivity index (χ0v) is 16.6. The molecule has 1 saturated heterocycles. The molecule has 0 aliphatic carbocycles. The maximum absolute atomic E-state index is 12.3. The molecule has 1 fully saturated rings. The van der Waals surface area contributed by atoms with Gasteiger partial charge in [0.2, 0.25) is 0 Å². The van der Waals surface area contributed by atoms with Crippen LogP contribution in [0.1, 0.15) is 60.0 Å². The Balaban J connectivity index is 1.64. The standard InChI is InChI=1S/C20H25ClN4O2/c1-3-18-22-10-14(11-23-18)13-25-7-5-15(6-8-25)19-17(20(26)27-4-2)9-16(21)12-24-19/h9-12,15H,3-8,13H2,1-2H3. The van der Waals surface area contributed by atoms with E-state index in [0.29, 0.717) is 17.2 Å². The minimum atomic E-state index is -0.349. The van der Waals surface area contributed by atoms with E-state index in [1.807, 2.05) is 12.4 Å². The van der Waals surface area contributed by atoms with Crippen molar-refractivity contribution in [2.75, 3.05) is 19.7 Å². The van der Waals surface area contributed by atoms with E-state index in [-0.39, 0.29) is 11.9 Å². The van der Waals surface area contributed by atoms with Crippen molar-refractivity contribution in [1.29, 1.82) is 0 Å². The first-order chi connectivity index (χ1) is 13.1. The lowest BCUT2D eigenvalue weighted by Gasteiger charge is -2.32. The van der Waals surface area contributed by atoms with E-state index in [4.69, 9.17) is 16.3 Å². The molecule has 0 spiro atoms. The van der Waals surface area contributed by atoms with Crippen LogP contribution >= 0.6 is 11.6 Å². The predicted octanol–water partition coefficient (Wildman–Crippen LogP) is 3.64. The molecule has 0 radical (unpaired) electrons. The molecule has 0 unspecified atom stereocenters. The summed E-state index contributed by atoms with van der Waals surface area (Å²) in [5.74, 6) is 0.757. The van der Waals surface area contributed by atoms with Crippen LogP contribution in [0, 0.1) is 0 Å². The third-order valence-electron chi connectivity index (χ3n) is 4.84. The molecule has 0 N–H and O–H groups in total. The second-order valence-corrected chi connectivity index (χ2v) is 7.15. The Bertz CT molecular complexity index is 774. The highest BCUT2D eigenvalue weighted by Crippen LogP contribution is 2.31. The molecule has 2 aromatic heterocycles. The normalized spacial score (nSPS) is 15.7. The summed E-state index contributed by atoms with van der Waals surface area (Å²) in [5, 5.41) is 0.453. The third kappa shape index (κ3) is 5.02. The molecule has 3 rings (SSSR count). The number of aromatic nitrogens is 3. The highest BCUT2D eigenvalue weighted by Gasteiger charge is 2.26. The van der Waals surface area contributed by atoms with Gasteiger partial charge >= 0.3 is 5.97 Å². The van der Waals surface area contributed by atoms with E-state index in [1.165, 1.54) is 0 Å². The highest BCUT2D eigenvalue weighted by atomic mass is 35.5. The van der Waals surface area contributed by atoms with Gasteiger partial charge in [0.25, 0.3) is 0 Å². The van der Waals surface area contributed by atoms with Crippen molar-refractivity contribution in [3.8, 4) is 0 Å². The summed E-state index contributed by atoms with van der Waals surface area (Å²) in [4.78, 5) is 27.9. The Hall–Kier alpha value is -2.05. The number of hydrogen-bond acceptors (Lipinski definition) is 6. The van der Waals surface area contributed by atoms with Gasteiger partial charge in [-0.1, -0.05) is 18.5 Å². The van der Waals surface area contributed by atoms with Gasteiger partial charge in [-0.2, -0.15) is 0 Å². The van der Waals surface area contributed by atoms with Crippen LogP contribution in [0.4, 0.5) is 0 Å². The van der Waals surface area contributed by atoms with Crippen LogP contribution in [0.3, 0.4) is 0 Å². The number of pyridine rings is 1. The molecule has 6 nitrogen and oxygen atoms in total. The fourth-order valence-corrected chi connectivity index (χ4v) is 3.57. The van der Waals surface area contributed by atoms with Gasteiger partial charge in [-0.15, -0.1) is 0 Å². The number of carbonyl (C=O) groups is 1. The molecule has 27 heavy (non-hydrogen) atoms. The fraction of sp³-hybridized carbons (Fsp3) is 0.500. The molecule has 2 aromatic rings. The average Bonchev–Trinajstić information content (AvgIpc) is 2.69. The first-order valence-corrected chi connectivity index (χ1v) is 9.83. The first-order valence-electron chi connectivity index (χ1n) is 9.45. The quantitative estimate of drug-likeness (QED) is 0.703. The number of halogens is 1. The monoisotopic (exact) mass is 388 g/mol. The molecule has 0 bridgehead atoms. The van der Waals surface area contributed by atoms with Gasteiger partial charge in [-0.3, -0.25) is 9.88 Å². The Morgan fingerprint density at radius 3 is 2.52 bits per heavy atom. The lowest BCUT2D eigenvalue weighted by molar-refractivity contribution is 0.0523. The minimum absolute atomic E-state index is 0.233. The van der Waals surface area contributed by atoms with Gasteiger partial charge in [-0.25, -0.2) is 14.8 Å². The molecule has 1 aliphatic heterocycles. The Labute approximate surface area is 164 Å². The SMILES string of the molecule is CCOC(=O)c1cc(Cl)cnc1C1CCN(Cc2cnc(CC)nc2)CC1. The highest BCUT2D eigenvalue weighted by molar-refractivity contribution is 6.30. The van der Waals surface area contributed by atoms with Crippen molar-refractivity contribution < 1.29 is 9.53 Å². The minimum Gasteiger partial charge on any atom is -0.462 e. The summed E-state index contributed by atoms with van der Waals surface area (Å²) in [6.45, 7) is 6.90. The van der Waals surface area contributed by atoms with E-state index in [2.05, 4.69) is 26.8 Å². The Morgan fingerprint density at radius 2 is 1.89 bits per heavy atom. The van der Waals surface area contributed by atoms with Gasteiger partial charge in [-0.05, 0) is 38.9 Å². The van der Waals surface area contributed by atoms with E-state index < -0.39 is 0 Å². The van der Waals surface area contributed by atoms with Crippen molar-refractivity contribution in [1.82, 2.24) is 19.9 Å². The number of nitrogens with zero attached hydrogens (tertiary/aromatic N) is 4. The Kier molecular flexibility index (Phi) is 6.74. The number of ether oxygens (including phenoxy) is 1. The Morgan fingerprint density at radius 1 is 1.19 bits per heavy atom. The number of aryl methyl sites for hydroxylation is 1. The molecular formula is C20H25ClN4O2. The van der Waals surface area contributed by atoms with E-state index >= 15 is 0 Å². The topological polar surface area (TPSA) is 68.2 Å². The van der Waals surface area contributed by atoms with Crippen LogP contribution in [-0.2, 0) is 17.7 Å². The van der Waals surface area contributed by atoms with Crippen LogP contribution in [0.25, 0.3) is 0 Å². The first kappa shape index (κ1) is 19.7. The molecule has 0 atom stereocenters. The van der Waals surface area contributed by atoms with Crippen molar-refractivity contribution in [3.63, 3.8) is 0 Å². The molecule has 0 amide bonds. The number of piperidine rings is 1. The van der Waals surface area contributed by atoms with Crippen LogP contribution < -0.4 is 0 Å². The summed E-state index contributed by atoms with van der Waals surface area (Å²) < 4.78 is 5.17. The molecule has 7 heteroatoms. The van der Waals surface area contributed by atoms with Crippen LogP contribution in [0.15, 0.2) is 24.7 Å². The maximum Gasteiger partial charge on any atom is 0.340 e. The van der Waals surface area contributed by atoms with Gasteiger partial charge in [0.1, 0.15) is 5.82 Å². The van der Waals surface area contributed by atoms with Crippen molar-refractivity contribution in [2.45, 2.75) is 45.6 Å². The average molecular weight is 389 g/mol. The van der Waals surface area contributed by atoms with E-state index in [0.717, 1.165) is 56.0 Å². The van der Waals surface area contributed by atoms with Crippen molar-refractivity contribution in [2.24, 2.45) is 0 Å². The number of rotatable bonds is 6. The smallest absolute Gasteiger partial charge is 0.340 e. The summed E-state index contributed by atoms with van der Waals surface area (Å²) in [7, 11) is 0. The summed E-state index contributed by atoms with van der Waals surface area (Å²) >= 11 is 6.04. The van der Waals surface area contributed by atoms with Gasteiger partial charge < -0.3 is 4.74 Å². The second kappa shape index (κ2) is 9.24. The van der Waals surface area contributed by atoms with E-state index in [1.54, 1.807) is 19.2 Å². The lowest BCUT2D eigenvalue weighted by Crippen LogP contribution is -2.33. The van der Waals surface area contributed by atoms with Crippen molar-refractivity contribution >= 4 is 17.6 Å². The predicted molar refractivity (Wildman–Crippen MR) is 104 cm³/mol. The zero-order chi connectivity index (χ0) is 19.2. The van der Waals surface area contributed by atoms with Crippen LogP contribution in [0.2, 0.25) is 5.02 Å². The molecule has 3 heterocycles. The van der Waals surface area contributed by atoms with Gasteiger partial charge in [0.15, 0.2) is 0 Å². The van der Waals surface area contributed by atoms with Crippen molar-refractivity contribution in [3.05, 3.63) is 52.3 Å². The van der Waals surface area contributed by atoms with E-state index in [9.17, 15) is 4.79 Å². The third-order valence-corrected chi connectivity index (χ3v) is 5.04. The summed E-state index contributed by atoms with van der Waals surface area (Å²) in [6.07, 6.45) is 8.17. The maximum atomic E-state index is 12.3. The summed E-state index contributed by atoms with van der Waals surface area (Å²) in [6, 6.07) is 1.67. The van der Waals surface area contributed by atoms with Gasteiger partial charge in [0, 0.05) is 43.0 Å². The lowest BCUT2D eigenvalue weighted by atomic mass is 9.90.